The van der Waals surface area contributed by atoms with Crippen molar-refractivity contribution in [2.75, 3.05) is 7.11 Å². The second-order valence-electron chi connectivity index (χ2n) is 6.37. The van der Waals surface area contributed by atoms with E-state index in [4.69, 9.17) is 4.74 Å². The zero-order valence-electron chi connectivity index (χ0n) is 13.8. The predicted octanol–water partition coefficient (Wildman–Crippen LogP) is 3.82. The van der Waals surface area contributed by atoms with Crippen LogP contribution in [0.1, 0.15) is 63.9 Å². The van der Waals surface area contributed by atoms with Crippen molar-refractivity contribution in [3.8, 4) is 5.75 Å². The molecule has 0 saturated heterocycles. The van der Waals surface area contributed by atoms with Gasteiger partial charge in [0.15, 0.2) is 0 Å². The fraction of sp³-hybridized carbons (Fsp3) is 0.647. The lowest BCUT2D eigenvalue weighted by Gasteiger charge is -2.19. The molecule has 0 aromatic heterocycles. The van der Waals surface area contributed by atoms with Crippen LogP contribution in [0.3, 0.4) is 0 Å². The smallest absolute Gasteiger partial charge is 0.244 e. The van der Waals surface area contributed by atoms with Gasteiger partial charge in [-0.05, 0) is 36.5 Å². The molecule has 0 unspecified atom stereocenters. The Morgan fingerprint density at radius 2 is 1.77 bits per heavy atom. The Labute approximate surface area is 134 Å². The first kappa shape index (κ1) is 17.3. The average molecular weight is 325 g/mol. The quantitative estimate of drug-likeness (QED) is 0.837. The lowest BCUT2D eigenvalue weighted by atomic mass is 10.0. The third kappa shape index (κ3) is 4.23. The fourth-order valence-electron chi connectivity index (χ4n) is 2.94. The first-order valence-electron chi connectivity index (χ1n) is 8.14. The van der Waals surface area contributed by atoms with Gasteiger partial charge in [-0.15, -0.1) is 0 Å². The van der Waals surface area contributed by atoms with Crippen molar-refractivity contribution < 1.29 is 13.2 Å². The van der Waals surface area contributed by atoms with Gasteiger partial charge >= 0.3 is 0 Å². The number of methoxy groups -OCH3 is 1. The first-order valence-corrected chi connectivity index (χ1v) is 9.62. The molecule has 1 fully saturated rings. The minimum atomic E-state index is -3.55. The normalized spacial score (nSPS) is 17.5. The van der Waals surface area contributed by atoms with Crippen LogP contribution in [-0.4, -0.2) is 21.6 Å². The number of benzene rings is 1. The van der Waals surface area contributed by atoms with Crippen LogP contribution in [0.15, 0.2) is 23.1 Å². The van der Waals surface area contributed by atoms with Crippen molar-refractivity contribution in [3.63, 3.8) is 0 Å². The van der Waals surface area contributed by atoms with Crippen LogP contribution in [0.4, 0.5) is 0 Å². The van der Waals surface area contributed by atoms with Gasteiger partial charge in [-0.1, -0.05) is 45.6 Å². The molecule has 2 rings (SSSR count). The SMILES string of the molecule is COc1ccc(C(C)C)cc1S(=O)(=O)NC1CCCCCC1. The van der Waals surface area contributed by atoms with Crippen LogP contribution in [0.25, 0.3) is 0 Å². The summed E-state index contributed by atoms with van der Waals surface area (Å²) >= 11 is 0. The molecule has 1 aliphatic carbocycles. The zero-order chi connectivity index (χ0) is 16.2. The van der Waals surface area contributed by atoms with Crippen LogP contribution in [-0.2, 0) is 10.0 Å². The van der Waals surface area contributed by atoms with Gasteiger partial charge in [-0.2, -0.15) is 0 Å². The molecular formula is C17H27NO3S. The fourth-order valence-corrected chi connectivity index (χ4v) is 4.45. The van der Waals surface area contributed by atoms with Crippen molar-refractivity contribution in [2.24, 2.45) is 0 Å². The standard InChI is InChI=1S/C17H27NO3S/c1-13(2)14-10-11-16(21-3)17(12-14)22(19,20)18-15-8-6-4-5-7-9-15/h10-13,15,18H,4-9H2,1-3H3. The maximum atomic E-state index is 12.8. The molecular weight excluding hydrogens is 298 g/mol. The average Bonchev–Trinajstić information content (AvgIpc) is 2.74. The van der Waals surface area contributed by atoms with Gasteiger partial charge in [-0.3, -0.25) is 0 Å². The van der Waals surface area contributed by atoms with Crippen LogP contribution < -0.4 is 9.46 Å². The first-order chi connectivity index (χ1) is 10.4. The van der Waals surface area contributed by atoms with Crippen molar-refractivity contribution in [2.45, 2.75) is 69.2 Å². The third-order valence-electron chi connectivity index (χ3n) is 4.32. The van der Waals surface area contributed by atoms with Crippen LogP contribution in [0.2, 0.25) is 0 Å². The van der Waals surface area contributed by atoms with Crippen molar-refractivity contribution in [3.05, 3.63) is 23.8 Å². The molecule has 124 valence electrons. The second kappa shape index (κ2) is 7.47. The maximum absolute atomic E-state index is 12.8. The molecule has 0 spiro atoms. The lowest BCUT2D eigenvalue weighted by molar-refractivity contribution is 0.401. The Balaban J connectivity index is 2.28. The number of hydrogen-bond donors (Lipinski definition) is 1. The summed E-state index contributed by atoms with van der Waals surface area (Å²) in [6.45, 7) is 4.11. The van der Waals surface area contributed by atoms with E-state index in [1.165, 1.54) is 20.0 Å². The summed E-state index contributed by atoms with van der Waals surface area (Å²) in [6, 6.07) is 5.45. The van der Waals surface area contributed by atoms with Gasteiger partial charge in [0.05, 0.1) is 7.11 Å². The largest absolute Gasteiger partial charge is 0.495 e. The molecule has 1 saturated carbocycles. The highest BCUT2D eigenvalue weighted by atomic mass is 32.2. The van der Waals surface area contributed by atoms with E-state index in [-0.39, 0.29) is 16.9 Å². The zero-order valence-corrected chi connectivity index (χ0v) is 14.6. The number of hydrogen-bond acceptors (Lipinski definition) is 3. The van der Waals surface area contributed by atoms with E-state index in [1.807, 2.05) is 6.07 Å². The topological polar surface area (TPSA) is 55.4 Å². The monoisotopic (exact) mass is 325 g/mol. The van der Waals surface area contributed by atoms with E-state index in [0.29, 0.717) is 5.75 Å². The number of rotatable bonds is 5. The Kier molecular flexibility index (Phi) is 5.87. The highest BCUT2D eigenvalue weighted by Gasteiger charge is 2.24. The van der Waals surface area contributed by atoms with Gasteiger partial charge in [0.25, 0.3) is 0 Å². The van der Waals surface area contributed by atoms with E-state index in [9.17, 15) is 8.42 Å². The summed E-state index contributed by atoms with van der Waals surface area (Å²) in [7, 11) is -2.04. The van der Waals surface area contributed by atoms with Crippen LogP contribution in [0.5, 0.6) is 5.75 Å². The molecule has 0 heterocycles. The van der Waals surface area contributed by atoms with Gasteiger partial charge in [0, 0.05) is 6.04 Å². The molecule has 22 heavy (non-hydrogen) atoms. The number of sulfonamides is 1. The van der Waals surface area contributed by atoms with E-state index in [0.717, 1.165) is 31.2 Å². The summed E-state index contributed by atoms with van der Waals surface area (Å²) in [5.74, 6) is 0.684. The Bertz CT molecular complexity index is 588. The molecule has 0 amide bonds. The predicted molar refractivity (Wildman–Crippen MR) is 88.9 cm³/mol. The third-order valence-corrected chi connectivity index (χ3v) is 5.86. The number of nitrogens with one attached hydrogen (secondary N) is 1. The van der Waals surface area contributed by atoms with Crippen LogP contribution in [0, 0.1) is 0 Å². The Hall–Kier alpha value is -1.07. The highest BCUT2D eigenvalue weighted by molar-refractivity contribution is 7.89. The molecule has 0 radical (unpaired) electrons. The van der Waals surface area contributed by atoms with Gasteiger partial charge in [-0.25, -0.2) is 13.1 Å². The van der Waals surface area contributed by atoms with Gasteiger partial charge in [0.1, 0.15) is 10.6 Å². The Morgan fingerprint density at radius 3 is 2.32 bits per heavy atom. The highest BCUT2D eigenvalue weighted by Crippen LogP contribution is 2.29. The van der Waals surface area contributed by atoms with E-state index < -0.39 is 10.0 Å². The van der Waals surface area contributed by atoms with E-state index in [1.54, 1.807) is 12.1 Å². The lowest BCUT2D eigenvalue weighted by Crippen LogP contribution is -2.34. The molecule has 4 nitrogen and oxygen atoms in total. The summed E-state index contributed by atoms with van der Waals surface area (Å²) in [6.07, 6.45) is 6.43. The summed E-state index contributed by atoms with van der Waals surface area (Å²) in [5, 5.41) is 0. The van der Waals surface area contributed by atoms with Crippen LogP contribution >= 0.6 is 0 Å². The molecule has 1 N–H and O–H groups in total. The minimum absolute atomic E-state index is 0.0416. The summed E-state index contributed by atoms with van der Waals surface area (Å²) in [5.41, 5.74) is 1.00. The molecule has 5 heteroatoms. The molecule has 0 bridgehead atoms. The van der Waals surface area contributed by atoms with Crippen molar-refractivity contribution in [1.29, 1.82) is 0 Å². The molecule has 1 aliphatic rings. The van der Waals surface area contributed by atoms with Crippen molar-refractivity contribution in [1.82, 2.24) is 4.72 Å². The summed E-state index contributed by atoms with van der Waals surface area (Å²) in [4.78, 5) is 0.255. The molecule has 0 aliphatic heterocycles. The number of ether oxygens (including phenoxy) is 1. The summed E-state index contributed by atoms with van der Waals surface area (Å²) < 4.78 is 33.7. The van der Waals surface area contributed by atoms with Gasteiger partial charge in [0.2, 0.25) is 10.0 Å². The second-order valence-corrected chi connectivity index (χ2v) is 8.06. The van der Waals surface area contributed by atoms with E-state index >= 15 is 0 Å². The molecule has 0 atom stereocenters. The Morgan fingerprint density at radius 1 is 1.14 bits per heavy atom. The maximum Gasteiger partial charge on any atom is 0.244 e. The van der Waals surface area contributed by atoms with E-state index in [2.05, 4.69) is 18.6 Å². The van der Waals surface area contributed by atoms with Crippen molar-refractivity contribution >= 4 is 10.0 Å². The molecule has 1 aromatic rings. The minimum Gasteiger partial charge on any atom is -0.495 e. The van der Waals surface area contributed by atoms with Gasteiger partial charge < -0.3 is 4.74 Å². The molecule has 1 aromatic carbocycles.